The van der Waals surface area contributed by atoms with Gasteiger partial charge in [-0.15, -0.1) is 0 Å². The highest BCUT2D eigenvalue weighted by Crippen LogP contribution is 2.32. The van der Waals surface area contributed by atoms with E-state index in [4.69, 9.17) is 5.26 Å². The fourth-order valence-electron chi connectivity index (χ4n) is 1.76. The SMILES string of the molecule is CC(C)(C)[C@@H](NCC#N)c1cccc(F)c1. The number of benzene rings is 1. The lowest BCUT2D eigenvalue weighted by molar-refractivity contribution is 0.280. The van der Waals surface area contributed by atoms with Crippen LogP contribution in [-0.2, 0) is 0 Å². The molecule has 0 unspecified atom stereocenters. The molecule has 86 valence electrons. The number of rotatable bonds is 3. The molecule has 0 saturated heterocycles. The summed E-state index contributed by atoms with van der Waals surface area (Å²) in [6.45, 7) is 6.45. The summed E-state index contributed by atoms with van der Waals surface area (Å²) in [5, 5.41) is 11.7. The Balaban J connectivity index is 2.97. The summed E-state index contributed by atoms with van der Waals surface area (Å²) in [7, 11) is 0. The Morgan fingerprint density at radius 1 is 1.44 bits per heavy atom. The Morgan fingerprint density at radius 2 is 2.12 bits per heavy atom. The van der Waals surface area contributed by atoms with E-state index in [9.17, 15) is 4.39 Å². The van der Waals surface area contributed by atoms with Crippen molar-refractivity contribution in [1.29, 1.82) is 5.26 Å². The van der Waals surface area contributed by atoms with E-state index in [0.29, 0.717) is 0 Å². The third-order valence-electron chi connectivity index (χ3n) is 2.43. The second-order valence-electron chi connectivity index (χ2n) is 4.89. The Morgan fingerprint density at radius 3 is 2.62 bits per heavy atom. The summed E-state index contributed by atoms with van der Waals surface area (Å²) >= 11 is 0. The highest BCUT2D eigenvalue weighted by Gasteiger charge is 2.25. The van der Waals surface area contributed by atoms with Crippen molar-refractivity contribution in [3.8, 4) is 6.07 Å². The molecule has 0 fully saturated rings. The van der Waals surface area contributed by atoms with E-state index < -0.39 is 0 Å². The molecular weight excluding hydrogens is 203 g/mol. The normalized spacial score (nSPS) is 13.2. The quantitative estimate of drug-likeness (QED) is 0.795. The van der Waals surface area contributed by atoms with E-state index in [1.165, 1.54) is 12.1 Å². The first-order valence-corrected chi connectivity index (χ1v) is 5.31. The van der Waals surface area contributed by atoms with Crippen molar-refractivity contribution in [2.75, 3.05) is 6.54 Å². The highest BCUT2D eigenvalue weighted by atomic mass is 19.1. The standard InChI is InChI=1S/C13H17FN2/c1-13(2,3)12(16-8-7-15)10-5-4-6-11(14)9-10/h4-6,9,12,16H,8H2,1-3H3/t12-/m0/s1. The molecule has 16 heavy (non-hydrogen) atoms. The van der Waals surface area contributed by atoms with Crippen molar-refractivity contribution in [3.05, 3.63) is 35.6 Å². The molecule has 0 aliphatic carbocycles. The van der Waals surface area contributed by atoms with E-state index in [-0.39, 0.29) is 23.8 Å². The number of nitriles is 1. The van der Waals surface area contributed by atoms with Gasteiger partial charge in [-0.25, -0.2) is 4.39 Å². The van der Waals surface area contributed by atoms with Crippen LogP contribution in [-0.4, -0.2) is 6.54 Å². The molecule has 0 spiro atoms. The van der Waals surface area contributed by atoms with Gasteiger partial charge in [0.2, 0.25) is 0 Å². The van der Waals surface area contributed by atoms with E-state index >= 15 is 0 Å². The first-order valence-electron chi connectivity index (χ1n) is 5.31. The van der Waals surface area contributed by atoms with Gasteiger partial charge >= 0.3 is 0 Å². The second-order valence-corrected chi connectivity index (χ2v) is 4.89. The van der Waals surface area contributed by atoms with Crippen LogP contribution >= 0.6 is 0 Å². The lowest BCUT2D eigenvalue weighted by Gasteiger charge is -2.31. The van der Waals surface area contributed by atoms with Crippen LogP contribution in [0, 0.1) is 22.6 Å². The minimum atomic E-state index is -0.245. The molecular formula is C13H17FN2. The number of nitrogens with one attached hydrogen (secondary N) is 1. The minimum absolute atomic E-state index is 0.0251. The average Bonchev–Trinajstić information content (AvgIpc) is 2.16. The molecule has 0 aliphatic rings. The molecule has 1 N–H and O–H groups in total. The summed E-state index contributed by atoms with van der Waals surface area (Å²) in [6.07, 6.45) is 0. The molecule has 1 aromatic rings. The van der Waals surface area contributed by atoms with Crippen molar-refractivity contribution < 1.29 is 4.39 Å². The lowest BCUT2D eigenvalue weighted by atomic mass is 9.82. The van der Waals surface area contributed by atoms with E-state index in [2.05, 4.69) is 26.1 Å². The van der Waals surface area contributed by atoms with Crippen molar-refractivity contribution in [2.24, 2.45) is 5.41 Å². The van der Waals surface area contributed by atoms with Crippen LogP contribution in [0.5, 0.6) is 0 Å². The number of halogens is 1. The lowest BCUT2D eigenvalue weighted by Crippen LogP contribution is -2.32. The zero-order valence-electron chi connectivity index (χ0n) is 9.92. The van der Waals surface area contributed by atoms with Gasteiger partial charge in [-0.3, -0.25) is 5.32 Å². The minimum Gasteiger partial charge on any atom is -0.297 e. The van der Waals surface area contributed by atoms with Crippen LogP contribution in [0.2, 0.25) is 0 Å². The van der Waals surface area contributed by atoms with Gasteiger partial charge in [0.1, 0.15) is 5.82 Å². The van der Waals surface area contributed by atoms with Crippen LogP contribution in [0.25, 0.3) is 0 Å². The van der Waals surface area contributed by atoms with Crippen LogP contribution in [0.15, 0.2) is 24.3 Å². The Bertz CT molecular complexity index is 388. The van der Waals surface area contributed by atoms with Gasteiger partial charge < -0.3 is 0 Å². The molecule has 0 aliphatic heterocycles. The third kappa shape index (κ3) is 3.32. The fourth-order valence-corrected chi connectivity index (χ4v) is 1.76. The van der Waals surface area contributed by atoms with Crippen molar-refractivity contribution in [1.82, 2.24) is 5.32 Å². The van der Waals surface area contributed by atoms with Gasteiger partial charge in [0.25, 0.3) is 0 Å². The average molecular weight is 220 g/mol. The number of nitrogens with zero attached hydrogens (tertiary/aromatic N) is 1. The molecule has 0 saturated carbocycles. The maximum Gasteiger partial charge on any atom is 0.123 e. The van der Waals surface area contributed by atoms with Crippen LogP contribution < -0.4 is 5.32 Å². The molecule has 1 atom stereocenters. The van der Waals surface area contributed by atoms with Crippen LogP contribution in [0.4, 0.5) is 4.39 Å². The zero-order chi connectivity index (χ0) is 12.2. The zero-order valence-corrected chi connectivity index (χ0v) is 9.92. The Kier molecular flexibility index (Phi) is 4.03. The summed E-state index contributed by atoms with van der Waals surface area (Å²) in [5.41, 5.74) is 0.813. The topological polar surface area (TPSA) is 35.8 Å². The maximum atomic E-state index is 13.1. The van der Waals surface area contributed by atoms with Crippen molar-refractivity contribution >= 4 is 0 Å². The van der Waals surface area contributed by atoms with Crippen molar-refractivity contribution in [3.63, 3.8) is 0 Å². The largest absolute Gasteiger partial charge is 0.297 e. The van der Waals surface area contributed by atoms with Gasteiger partial charge in [0.05, 0.1) is 12.6 Å². The number of hydrogen-bond donors (Lipinski definition) is 1. The van der Waals surface area contributed by atoms with Gasteiger partial charge in [0.15, 0.2) is 0 Å². The molecule has 2 nitrogen and oxygen atoms in total. The predicted octanol–water partition coefficient (Wildman–Crippen LogP) is 3.03. The maximum absolute atomic E-state index is 13.1. The molecule has 1 rings (SSSR count). The summed E-state index contributed by atoms with van der Waals surface area (Å²) in [6, 6.07) is 8.53. The summed E-state index contributed by atoms with van der Waals surface area (Å²) in [4.78, 5) is 0. The van der Waals surface area contributed by atoms with E-state index in [1.807, 2.05) is 12.1 Å². The van der Waals surface area contributed by atoms with Gasteiger partial charge in [-0.05, 0) is 23.1 Å². The Labute approximate surface area is 96.1 Å². The fraction of sp³-hybridized carbons (Fsp3) is 0.462. The Hall–Kier alpha value is -1.40. The highest BCUT2D eigenvalue weighted by molar-refractivity contribution is 5.22. The predicted molar refractivity (Wildman–Crippen MR) is 62.2 cm³/mol. The van der Waals surface area contributed by atoms with E-state index in [1.54, 1.807) is 6.07 Å². The smallest absolute Gasteiger partial charge is 0.123 e. The van der Waals surface area contributed by atoms with Crippen molar-refractivity contribution in [2.45, 2.75) is 26.8 Å². The van der Waals surface area contributed by atoms with E-state index in [0.717, 1.165) is 5.56 Å². The van der Waals surface area contributed by atoms with Gasteiger partial charge in [-0.1, -0.05) is 32.9 Å². The first-order chi connectivity index (χ1) is 7.45. The molecule has 0 radical (unpaired) electrons. The van der Waals surface area contributed by atoms with Crippen LogP contribution in [0.3, 0.4) is 0 Å². The monoisotopic (exact) mass is 220 g/mol. The first kappa shape index (κ1) is 12.7. The molecule has 0 heterocycles. The molecule has 3 heteroatoms. The van der Waals surface area contributed by atoms with Crippen LogP contribution in [0.1, 0.15) is 32.4 Å². The molecule has 0 bridgehead atoms. The summed E-state index contributed by atoms with van der Waals surface area (Å²) < 4.78 is 13.1. The molecule has 0 aromatic heterocycles. The van der Waals surface area contributed by atoms with Gasteiger partial charge in [0, 0.05) is 6.04 Å². The molecule has 1 aromatic carbocycles. The number of hydrogen-bond acceptors (Lipinski definition) is 2. The third-order valence-corrected chi connectivity index (χ3v) is 2.43. The summed E-state index contributed by atoms with van der Waals surface area (Å²) in [5.74, 6) is -0.245. The second kappa shape index (κ2) is 5.09. The molecule has 0 amide bonds. The van der Waals surface area contributed by atoms with Gasteiger partial charge in [-0.2, -0.15) is 5.26 Å².